The highest BCUT2D eigenvalue weighted by Crippen LogP contribution is 2.43. The summed E-state index contributed by atoms with van der Waals surface area (Å²) in [6.45, 7) is 2.96. The molecule has 0 radical (unpaired) electrons. The number of benzene rings is 4. The fourth-order valence-electron chi connectivity index (χ4n) is 5.28. The van der Waals surface area contributed by atoms with E-state index in [4.69, 9.17) is 9.47 Å². The quantitative estimate of drug-likeness (QED) is 0.157. The fraction of sp³-hybridized carbons (Fsp3) is 0.257. The number of carbonyl (C=O) groups excluding carboxylic acids is 1. The first-order chi connectivity index (χ1) is 22.6. The summed E-state index contributed by atoms with van der Waals surface area (Å²) in [6, 6.07) is 35.1. The Hall–Kier alpha value is -4.55. The van der Waals surface area contributed by atoms with E-state index >= 15 is 0 Å². The third-order valence-corrected chi connectivity index (χ3v) is 8.95. The lowest BCUT2D eigenvalue weighted by atomic mass is 9.91. The van der Waals surface area contributed by atoms with Crippen LogP contribution in [-0.4, -0.2) is 43.2 Å². The second-order valence-electron chi connectivity index (χ2n) is 11.1. The van der Waals surface area contributed by atoms with E-state index in [1.807, 2.05) is 109 Å². The van der Waals surface area contributed by atoms with Gasteiger partial charge in [0.05, 0.1) is 24.5 Å². The topological polar surface area (TPSA) is 123 Å². The number of tetrazole rings is 1. The van der Waals surface area contributed by atoms with Crippen LogP contribution < -0.4 is 10.6 Å². The molecule has 11 heteroatoms. The van der Waals surface area contributed by atoms with Crippen molar-refractivity contribution < 1.29 is 19.4 Å². The van der Waals surface area contributed by atoms with Gasteiger partial charge in [-0.2, -0.15) is 4.68 Å². The summed E-state index contributed by atoms with van der Waals surface area (Å²) >= 11 is 1.54. The molecule has 0 saturated carbocycles. The zero-order valence-electron chi connectivity index (χ0n) is 25.4. The zero-order chi connectivity index (χ0) is 31.7. The zero-order valence-corrected chi connectivity index (χ0v) is 26.2. The van der Waals surface area contributed by atoms with E-state index < -0.39 is 6.29 Å². The van der Waals surface area contributed by atoms with Crippen LogP contribution >= 0.6 is 11.8 Å². The SMILES string of the molecule is C[C@@H]1[C@H](CSc2nnnn2-c2ccccc2)O[C@H](c2ccc(CNC(=O)NCc3ccccc3)cc2)O[C@@H]1c1ccc(CO)cc1. The highest BCUT2D eigenvalue weighted by Gasteiger charge is 2.38. The highest BCUT2D eigenvalue weighted by molar-refractivity contribution is 7.99. The number of aromatic nitrogens is 4. The van der Waals surface area contributed by atoms with Crippen LogP contribution in [-0.2, 0) is 29.2 Å². The highest BCUT2D eigenvalue weighted by atomic mass is 32.2. The lowest BCUT2D eigenvalue weighted by Gasteiger charge is -2.41. The molecule has 6 rings (SSSR count). The van der Waals surface area contributed by atoms with Crippen molar-refractivity contribution >= 4 is 17.8 Å². The first-order valence-corrected chi connectivity index (χ1v) is 16.2. The lowest BCUT2D eigenvalue weighted by molar-refractivity contribution is -0.268. The fourth-order valence-corrected chi connectivity index (χ4v) is 6.34. The summed E-state index contributed by atoms with van der Waals surface area (Å²) in [7, 11) is 0. The van der Waals surface area contributed by atoms with Crippen LogP contribution in [0.2, 0.25) is 0 Å². The minimum Gasteiger partial charge on any atom is -0.392 e. The summed E-state index contributed by atoms with van der Waals surface area (Å²) in [5.41, 5.74) is 5.63. The Kier molecular flexibility index (Phi) is 10.4. The van der Waals surface area contributed by atoms with Gasteiger partial charge in [0.1, 0.15) is 0 Å². The van der Waals surface area contributed by atoms with Gasteiger partial charge in [-0.05, 0) is 44.8 Å². The molecule has 1 aromatic heterocycles. The van der Waals surface area contributed by atoms with Crippen molar-refractivity contribution in [3.05, 3.63) is 137 Å². The molecule has 5 aromatic rings. The first-order valence-electron chi connectivity index (χ1n) is 15.2. The minimum absolute atomic E-state index is 0.0155. The van der Waals surface area contributed by atoms with Gasteiger partial charge >= 0.3 is 6.03 Å². The van der Waals surface area contributed by atoms with E-state index in [9.17, 15) is 9.90 Å². The molecular weight excluding hydrogens is 600 g/mol. The molecule has 1 aliphatic heterocycles. The van der Waals surface area contributed by atoms with Crippen molar-refractivity contribution in [3.8, 4) is 5.69 Å². The van der Waals surface area contributed by atoms with Gasteiger partial charge in [0.15, 0.2) is 6.29 Å². The van der Waals surface area contributed by atoms with Gasteiger partial charge < -0.3 is 25.2 Å². The van der Waals surface area contributed by atoms with Crippen LogP contribution in [0.3, 0.4) is 0 Å². The summed E-state index contributed by atoms with van der Waals surface area (Å²) in [5, 5.41) is 28.4. The van der Waals surface area contributed by atoms with E-state index in [1.165, 1.54) is 0 Å². The predicted octanol–water partition coefficient (Wildman–Crippen LogP) is 5.74. The Morgan fingerprint density at radius 3 is 2.09 bits per heavy atom. The molecule has 2 amide bonds. The van der Waals surface area contributed by atoms with E-state index in [-0.39, 0.29) is 30.8 Å². The number of thioether (sulfide) groups is 1. The Morgan fingerprint density at radius 1 is 0.804 bits per heavy atom. The minimum atomic E-state index is -0.606. The number of aliphatic hydroxyl groups is 1. The van der Waals surface area contributed by atoms with Gasteiger partial charge in [-0.3, -0.25) is 0 Å². The van der Waals surface area contributed by atoms with Crippen LogP contribution in [0.4, 0.5) is 4.79 Å². The number of aliphatic hydroxyl groups excluding tert-OH is 1. The standard InChI is InChI=1S/C35H36N6O4S/c1-24-31(23-46-35-38-39-40-41(35)30-10-6-3-7-11-30)44-33(45-32(24)28-16-14-27(22-42)15-17-28)29-18-12-26(13-19-29)21-37-34(43)36-20-25-8-4-2-5-9-25/h2-19,24,31-33,42H,20-23H2,1H3,(H2,36,37,43)/t24-,31+,32+,33+/m1/s1. The van der Waals surface area contributed by atoms with Gasteiger partial charge in [0.2, 0.25) is 5.16 Å². The number of rotatable bonds is 11. The van der Waals surface area contributed by atoms with Crippen LogP contribution in [0.1, 0.15) is 47.1 Å². The first kappa shape index (κ1) is 31.4. The maximum atomic E-state index is 12.3. The number of nitrogens with one attached hydrogen (secondary N) is 2. The largest absolute Gasteiger partial charge is 0.392 e. The Bertz CT molecular complexity index is 1690. The van der Waals surface area contributed by atoms with Gasteiger partial charge in [0, 0.05) is 30.3 Å². The number of carbonyl (C=O) groups is 1. The van der Waals surface area contributed by atoms with Crippen molar-refractivity contribution in [2.45, 2.75) is 50.3 Å². The normalized spacial score (nSPS) is 19.4. The number of hydrogen-bond acceptors (Lipinski definition) is 8. The van der Waals surface area contributed by atoms with Crippen molar-refractivity contribution in [1.82, 2.24) is 30.8 Å². The summed E-state index contributed by atoms with van der Waals surface area (Å²) < 4.78 is 14.9. The molecular formula is C35H36N6O4S. The predicted molar refractivity (Wildman–Crippen MR) is 175 cm³/mol. The monoisotopic (exact) mass is 636 g/mol. The van der Waals surface area contributed by atoms with Gasteiger partial charge in [-0.15, -0.1) is 5.10 Å². The average Bonchev–Trinajstić information content (AvgIpc) is 3.59. The summed E-state index contributed by atoms with van der Waals surface area (Å²) in [5.74, 6) is 0.627. The maximum absolute atomic E-state index is 12.3. The van der Waals surface area contributed by atoms with Crippen molar-refractivity contribution in [1.29, 1.82) is 0 Å². The number of para-hydroxylation sites is 1. The van der Waals surface area contributed by atoms with Gasteiger partial charge in [-0.25, -0.2) is 4.79 Å². The molecule has 0 bridgehead atoms. The Balaban J connectivity index is 1.13. The van der Waals surface area contributed by atoms with Crippen LogP contribution in [0.15, 0.2) is 114 Å². The molecule has 1 aliphatic rings. The molecule has 0 unspecified atom stereocenters. The van der Waals surface area contributed by atoms with Crippen molar-refractivity contribution in [2.75, 3.05) is 5.75 Å². The molecule has 4 aromatic carbocycles. The third kappa shape index (κ3) is 7.80. The van der Waals surface area contributed by atoms with E-state index in [2.05, 4.69) is 33.1 Å². The number of hydrogen-bond donors (Lipinski definition) is 3. The molecule has 1 saturated heterocycles. The van der Waals surface area contributed by atoms with E-state index in [0.717, 1.165) is 33.5 Å². The molecule has 46 heavy (non-hydrogen) atoms. The molecule has 3 N–H and O–H groups in total. The second-order valence-corrected chi connectivity index (χ2v) is 12.1. The summed E-state index contributed by atoms with van der Waals surface area (Å²) in [4.78, 5) is 12.3. The number of nitrogens with zero attached hydrogens (tertiary/aromatic N) is 4. The molecule has 1 fully saturated rings. The smallest absolute Gasteiger partial charge is 0.315 e. The van der Waals surface area contributed by atoms with Crippen molar-refractivity contribution in [3.63, 3.8) is 0 Å². The molecule has 4 atom stereocenters. The molecule has 2 heterocycles. The number of ether oxygens (including phenoxy) is 2. The van der Waals surface area contributed by atoms with E-state index in [0.29, 0.717) is 24.0 Å². The van der Waals surface area contributed by atoms with Crippen LogP contribution in [0.25, 0.3) is 5.69 Å². The molecule has 10 nitrogen and oxygen atoms in total. The molecule has 0 spiro atoms. The number of amides is 2. The van der Waals surface area contributed by atoms with Gasteiger partial charge in [-0.1, -0.05) is 116 Å². The molecule has 0 aliphatic carbocycles. The average molecular weight is 637 g/mol. The van der Waals surface area contributed by atoms with Crippen LogP contribution in [0, 0.1) is 5.92 Å². The van der Waals surface area contributed by atoms with Crippen molar-refractivity contribution in [2.24, 2.45) is 5.92 Å². The van der Waals surface area contributed by atoms with E-state index in [1.54, 1.807) is 16.4 Å². The summed E-state index contributed by atoms with van der Waals surface area (Å²) in [6.07, 6.45) is -1.02. The number of urea groups is 1. The van der Waals surface area contributed by atoms with Gasteiger partial charge in [0.25, 0.3) is 0 Å². The Labute approximate surface area is 272 Å². The molecule has 236 valence electrons. The van der Waals surface area contributed by atoms with Crippen LogP contribution in [0.5, 0.6) is 0 Å². The lowest BCUT2D eigenvalue weighted by Crippen LogP contribution is -2.38. The maximum Gasteiger partial charge on any atom is 0.315 e. The third-order valence-electron chi connectivity index (χ3n) is 7.94. The second kappa shape index (κ2) is 15.2. The Morgan fingerprint density at radius 2 is 1.41 bits per heavy atom.